The lowest BCUT2D eigenvalue weighted by molar-refractivity contribution is -0.144. The van der Waals surface area contributed by atoms with E-state index in [4.69, 9.17) is 0 Å². The summed E-state index contributed by atoms with van der Waals surface area (Å²) in [5, 5.41) is 12.2. The van der Waals surface area contributed by atoms with Gasteiger partial charge in [-0.25, -0.2) is 0 Å². The van der Waals surface area contributed by atoms with Crippen LogP contribution in [0.15, 0.2) is 24.3 Å². The van der Waals surface area contributed by atoms with Crippen molar-refractivity contribution in [2.45, 2.75) is 25.8 Å². The van der Waals surface area contributed by atoms with Gasteiger partial charge in [0.2, 0.25) is 5.91 Å². The maximum Gasteiger partial charge on any atom is 0.325 e. The summed E-state index contributed by atoms with van der Waals surface area (Å²) in [6, 6.07) is 7.00. The molecule has 2 N–H and O–H groups in total. The van der Waals surface area contributed by atoms with Gasteiger partial charge in [0.15, 0.2) is 0 Å². The molecular weight excluding hydrogens is 256 g/mol. The predicted molar refractivity (Wildman–Crippen MR) is 75.4 cm³/mol. The van der Waals surface area contributed by atoms with Crippen LogP contribution in [-0.2, 0) is 16.0 Å². The normalized spacial score (nSPS) is 18.4. The Hall–Kier alpha value is -1.88. The number of amides is 1. The first-order valence-corrected chi connectivity index (χ1v) is 6.94. The van der Waals surface area contributed by atoms with Crippen LogP contribution in [0, 0.1) is 0 Å². The molecule has 1 aromatic carbocycles. The van der Waals surface area contributed by atoms with Crippen molar-refractivity contribution in [2.24, 2.45) is 0 Å². The standard InChI is InChI=1S/C15H20N2O3/c1-2-16-13(18)8-10-17-9-7-11-5-3-4-6-12(11)14(17)15(19)20/h3-6,14H,2,7-10H2,1H3,(H,16,18)(H,19,20). The second-order valence-electron chi connectivity index (χ2n) is 4.93. The Morgan fingerprint density at radius 3 is 2.85 bits per heavy atom. The van der Waals surface area contributed by atoms with E-state index >= 15 is 0 Å². The summed E-state index contributed by atoms with van der Waals surface area (Å²) in [7, 11) is 0. The molecule has 1 unspecified atom stereocenters. The van der Waals surface area contributed by atoms with Crippen LogP contribution >= 0.6 is 0 Å². The maximum absolute atomic E-state index is 11.6. The van der Waals surface area contributed by atoms with Crippen molar-refractivity contribution in [2.75, 3.05) is 19.6 Å². The van der Waals surface area contributed by atoms with E-state index < -0.39 is 12.0 Å². The van der Waals surface area contributed by atoms with Gasteiger partial charge in [0, 0.05) is 26.1 Å². The third-order valence-corrected chi connectivity index (χ3v) is 3.62. The van der Waals surface area contributed by atoms with Crippen LogP contribution in [0.1, 0.15) is 30.5 Å². The molecule has 0 fully saturated rings. The predicted octanol–water partition coefficient (Wildman–Crippen LogP) is 1.20. The number of carboxylic acid groups (broad SMARTS) is 1. The smallest absolute Gasteiger partial charge is 0.325 e. The summed E-state index contributed by atoms with van der Waals surface area (Å²) in [6.45, 7) is 3.61. The highest BCUT2D eigenvalue weighted by atomic mass is 16.4. The van der Waals surface area contributed by atoms with E-state index in [0.717, 1.165) is 17.5 Å². The number of benzene rings is 1. The van der Waals surface area contributed by atoms with Crippen molar-refractivity contribution in [1.29, 1.82) is 0 Å². The highest BCUT2D eigenvalue weighted by Crippen LogP contribution is 2.29. The molecule has 0 saturated heterocycles. The molecule has 1 heterocycles. The molecule has 0 spiro atoms. The molecule has 0 saturated carbocycles. The van der Waals surface area contributed by atoms with Crippen molar-refractivity contribution in [3.8, 4) is 0 Å². The van der Waals surface area contributed by atoms with Crippen molar-refractivity contribution in [3.05, 3.63) is 35.4 Å². The lowest BCUT2D eigenvalue weighted by Gasteiger charge is -2.34. The summed E-state index contributed by atoms with van der Waals surface area (Å²) >= 11 is 0. The minimum Gasteiger partial charge on any atom is -0.480 e. The van der Waals surface area contributed by atoms with E-state index in [-0.39, 0.29) is 5.91 Å². The second kappa shape index (κ2) is 6.52. The Morgan fingerprint density at radius 2 is 2.15 bits per heavy atom. The van der Waals surface area contributed by atoms with E-state index in [1.54, 1.807) is 0 Å². The first kappa shape index (κ1) is 14.5. The molecule has 5 heteroatoms. The van der Waals surface area contributed by atoms with Gasteiger partial charge in [0.05, 0.1) is 0 Å². The van der Waals surface area contributed by atoms with E-state index in [1.165, 1.54) is 0 Å². The number of rotatable bonds is 5. The zero-order valence-corrected chi connectivity index (χ0v) is 11.6. The van der Waals surface area contributed by atoms with Crippen LogP contribution in [0.5, 0.6) is 0 Å². The average Bonchev–Trinajstić information content (AvgIpc) is 2.44. The van der Waals surface area contributed by atoms with E-state index in [9.17, 15) is 14.7 Å². The van der Waals surface area contributed by atoms with Gasteiger partial charge in [0.25, 0.3) is 0 Å². The fourth-order valence-electron chi connectivity index (χ4n) is 2.68. The summed E-state index contributed by atoms with van der Waals surface area (Å²) < 4.78 is 0. The van der Waals surface area contributed by atoms with Gasteiger partial charge >= 0.3 is 5.97 Å². The molecule has 1 aliphatic heterocycles. The first-order valence-electron chi connectivity index (χ1n) is 6.94. The third-order valence-electron chi connectivity index (χ3n) is 3.62. The zero-order valence-electron chi connectivity index (χ0n) is 11.6. The summed E-state index contributed by atoms with van der Waals surface area (Å²) in [4.78, 5) is 25.0. The van der Waals surface area contributed by atoms with Gasteiger partial charge in [-0.3, -0.25) is 14.5 Å². The second-order valence-corrected chi connectivity index (χ2v) is 4.93. The summed E-state index contributed by atoms with van der Waals surface area (Å²) in [5.41, 5.74) is 1.94. The number of carboxylic acids is 1. The van der Waals surface area contributed by atoms with Crippen LogP contribution in [0.3, 0.4) is 0 Å². The highest BCUT2D eigenvalue weighted by Gasteiger charge is 2.32. The largest absolute Gasteiger partial charge is 0.480 e. The minimum absolute atomic E-state index is 0.0319. The number of nitrogens with one attached hydrogen (secondary N) is 1. The monoisotopic (exact) mass is 276 g/mol. The Kier molecular flexibility index (Phi) is 4.74. The Balaban J connectivity index is 2.10. The number of hydrogen-bond acceptors (Lipinski definition) is 3. The van der Waals surface area contributed by atoms with E-state index in [1.807, 2.05) is 36.1 Å². The number of fused-ring (bicyclic) bond motifs is 1. The zero-order chi connectivity index (χ0) is 14.5. The van der Waals surface area contributed by atoms with Gasteiger partial charge in [-0.2, -0.15) is 0 Å². The van der Waals surface area contributed by atoms with Crippen molar-refractivity contribution in [3.63, 3.8) is 0 Å². The van der Waals surface area contributed by atoms with Crippen LogP contribution in [0.4, 0.5) is 0 Å². The summed E-state index contributed by atoms with van der Waals surface area (Å²) in [5.74, 6) is -0.886. The van der Waals surface area contributed by atoms with E-state index in [2.05, 4.69) is 5.32 Å². The molecule has 20 heavy (non-hydrogen) atoms. The average molecular weight is 276 g/mol. The van der Waals surface area contributed by atoms with Gasteiger partial charge in [0.1, 0.15) is 6.04 Å². The number of aliphatic carboxylic acids is 1. The van der Waals surface area contributed by atoms with Crippen molar-refractivity contribution in [1.82, 2.24) is 10.2 Å². The molecule has 5 nitrogen and oxygen atoms in total. The minimum atomic E-state index is -0.854. The van der Waals surface area contributed by atoms with Crippen LogP contribution in [0.25, 0.3) is 0 Å². The molecule has 1 aromatic rings. The molecule has 0 radical (unpaired) electrons. The summed E-state index contributed by atoms with van der Waals surface area (Å²) in [6.07, 6.45) is 1.16. The number of carbonyl (C=O) groups is 2. The quantitative estimate of drug-likeness (QED) is 0.847. The molecule has 108 valence electrons. The Morgan fingerprint density at radius 1 is 1.40 bits per heavy atom. The fraction of sp³-hybridized carbons (Fsp3) is 0.467. The molecule has 0 aromatic heterocycles. The van der Waals surface area contributed by atoms with Crippen molar-refractivity contribution >= 4 is 11.9 Å². The molecule has 0 aliphatic carbocycles. The molecule has 1 amide bonds. The highest BCUT2D eigenvalue weighted by molar-refractivity contribution is 5.78. The van der Waals surface area contributed by atoms with Gasteiger partial charge < -0.3 is 10.4 Å². The van der Waals surface area contributed by atoms with E-state index in [0.29, 0.717) is 26.1 Å². The number of hydrogen-bond donors (Lipinski definition) is 2. The lowest BCUT2D eigenvalue weighted by atomic mass is 9.92. The topological polar surface area (TPSA) is 69.6 Å². The molecule has 1 aliphatic rings. The molecule has 1 atom stereocenters. The van der Waals surface area contributed by atoms with Crippen LogP contribution in [-0.4, -0.2) is 41.5 Å². The first-order chi connectivity index (χ1) is 9.63. The fourth-order valence-corrected chi connectivity index (χ4v) is 2.68. The van der Waals surface area contributed by atoms with Crippen molar-refractivity contribution < 1.29 is 14.7 Å². The molecular formula is C15H20N2O3. The van der Waals surface area contributed by atoms with Crippen LogP contribution < -0.4 is 5.32 Å². The third kappa shape index (κ3) is 3.17. The van der Waals surface area contributed by atoms with Gasteiger partial charge in [-0.15, -0.1) is 0 Å². The molecule has 2 rings (SSSR count). The molecule has 0 bridgehead atoms. The maximum atomic E-state index is 11.6. The lowest BCUT2D eigenvalue weighted by Crippen LogP contribution is -2.41. The Labute approximate surface area is 118 Å². The van der Waals surface area contributed by atoms with Crippen LogP contribution in [0.2, 0.25) is 0 Å². The number of carbonyl (C=O) groups excluding carboxylic acids is 1. The number of nitrogens with zero attached hydrogens (tertiary/aromatic N) is 1. The van der Waals surface area contributed by atoms with Gasteiger partial charge in [-0.05, 0) is 24.5 Å². The van der Waals surface area contributed by atoms with Gasteiger partial charge in [-0.1, -0.05) is 24.3 Å². The Bertz CT molecular complexity index is 502. The SMILES string of the molecule is CCNC(=O)CCN1CCc2ccccc2C1C(=O)O.